The van der Waals surface area contributed by atoms with Crippen molar-refractivity contribution < 1.29 is 18.7 Å². The van der Waals surface area contributed by atoms with Gasteiger partial charge in [-0.15, -0.1) is 0 Å². The molecule has 2 rings (SSSR count). The van der Waals surface area contributed by atoms with Crippen molar-refractivity contribution in [2.45, 2.75) is 6.42 Å². The number of phenolic OH excluding ortho intramolecular Hbond substituents is 1. The van der Waals surface area contributed by atoms with Gasteiger partial charge >= 0.3 is 6.03 Å². The first-order chi connectivity index (χ1) is 7.56. The highest BCUT2D eigenvalue weighted by Gasteiger charge is 2.13. The van der Waals surface area contributed by atoms with Crippen LogP contribution in [0.15, 0.2) is 22.1 Å². The molecule has 0 spiro atoms. The molecular weight excluding hydrogens is 218 g/mol. The average molecular weight is 224 g/mol. The van der Waals surface area contributed by atoms with E-state index in [9.17, 15) is 13.6 Å². The number of hydrogen-bond donors (Lipinski definition) is 1. The number of phenols is 1. The van der Waals surface area contributed by atoms with Crippen LogP contribution in [0.1, 0.15) is 5.56 Å². The third kappa shape index (κ3) is 1.95. The molecule has 1 N–H and O–H groups in total. The summed E-state index contributed by atoms with van der Waals surface area (Å²) in [7, 11) is 0. The maximum absolute atomic E-state index is 13.0. The molecule has 4 nitrogen and oxygen atoms in total. The van der Waals surface area contributed by atoms with Crippen molar-refractivity contribution in [1.82, 2.24) is 0 Å². The molecular formula is C10H6F2N2O2. The van der Waals surface area contributed by atoms with Crippen LogP contribution in [-0.4, -0.2) is 23.1 Å². The van der Waals surface area contributed by atoms with E-state index in [0.29, 0.717) is 5.71 Å². The number of urea groups is 1. The zero-order valence-electron chi connectivity index (χ0n) is 7.94. The molecule has 0 radical (unpaired) electrons. The van der Waals surface area contributed by atoms with E-state index < -0.39 is 23.4 Å². The van der Waals surface area contributed by atoms with E-state index in [4.69, 9.17) is 5.11 Å². The van der Waals surface area contributed by atoms with Gasteiger partial charge in [0.2, 0.25) is 0 Å². The molecule has 0 unspecified atom stereocenters. The van der Waals surface area contributed by atoms with Gasteiger partial charge in [-0.1, -0.05) is 0 Å². The highest BCUT2D eigenvalue weighted by Crippen LogP contribution is 2.21. The fourth-order valence-corrected chi connectivity index (χ4v) is 1.32. The Morgan fingerprint density at radius 2 is 1.88 bits per heavy atom. The number of benzene rings is 1. The number of carbonyl (C=O) groups is 1. The standard InChI is InChI=1S/C10H6F2N2O2/c11-7-2-5(3-8(12)9(7)15)1-6-4-13-10(16)14-6/h2-4,15H,1H2. The minimum atomic E-state index is -1.04. The molecule has 16 heavy (non-hydrogen) atoms. The fraction of sp³-hybridized carbons (Fsp3) is 0.100. The molecule has 0 aromatic heterocycles. The zero-order chi connectivity index (χ0) is 11.7. The van der Waals surface area contributed by atoms with Gasteiger partial charge in [0.1, 0.15) is 0 Å². The lowest BCUT2D eigenvalue weighted by atomic mass is 10.1. The van der Waals surface area contributed by atoms with Gasteiger partial charge < -0.3 is 5.11 Å². The number of hydrogen-bond acceptors (Lipinski definition) is 2. The van der Waals surface area contributed by atoms with Crippen LogP contribution in [0.25, 0.3) is 0 Å². The lowest BCUT2D eigenvalue weighted by molar-refractivity contribution is 0.257. The van der Waals surface area contributed by atoms with Crippen LogP contribution in [0.4, 0.5) is 13.6 Å². The summed E-state index contributed by atoms with van der Waals surface area (Å²) in [4.78, 5) is 17.5. The van der Waals surface area contributed by atoms with Crippen molar-refractivity contribution in [1.29, 1.82) is 0 Å². The number of carbonyl (C=O) groups excluding carboxylic acids is 1. The number of amides is 2. The topological polar surface area (TPSA) is 62.0 Å². The molecule has 1 heterocycles. The second kappa shape index (κ2) is 3.80. The second-order valence-electron chi connectivity index (χ2n) is 3.23. The smallest absolute Gasteiger partial charge is 0.367 e. The van der Waals surface area contributed by atoms with Gasteiger partial charge in [0, 0.05) is 6.42 Å². The van der Waals surface area contributed by atoms with E-state index >= 15 is 0 Å². The van der Waals surface area contributed by atoms with Crippen LogP contribution in [0, 0.1) is 11.6 Å². The van der Waals surface area contributed by atoms with Crippen molar-refractivity contribution in [3.8, 4) is 5.75 Å². The predicted octanol–water partition coefficient (Wildman–Crippen LogP) is 1.86. The van der Waals surface area contributed by atoms with E-state index in [0.717, 1.165) is 12.1 Å². The molecule has 0 atom stereocenters. The molecule has 1 aliphatic heterocycles. The van der Waals surface area contributed by atoms with Crippen LogP contribution < -0.4 is 0 Å². The van der Waals surface area contributed by atoms with Crippen molar-refractivity contribution in [3.05, 3.63) is 29.3 Å². The number of nitrogens with zero attached hydrogens (tertiary/aromatic N) is 2. The van der Waals surface area contributed by atoms with Gasteiger partial charge in [-0.3, -0.25) is 0 Å². The highest BCUT2D eigenvalue weighted by molar-refractivity contribution is 6.37. The van der Waals surface area contributed by atoms with Crippen LogP contribution >= 0.6 is 0 Å². The van der Waals surface area contributed by atoms with Crippen molar-refractivity contribution in [2.75, 3.05) is 0 Å². The Hall–Kier alpha value is -2.11. The maximum Gasteiger partial charge on any atom is 0.367 e. The largest absolute Gasteiger partial charge is 0.503 e. The molecule has 1 aromatic rings. The fourth-order valence-electron chi connectivity index (χ4n) is 1.32. The average Bonchev–Trinajstić information content (AvgIpc) is 2.60. The summed E-state index contributed by atoms with van der Waals surface area (Å²) in [6.07, 6.45) is 1.33. The van der Waals surface area contributed by atoms with Crippen LogP contribution in [0.5, 0.6) is 5.75 Å². The monoisotopic (exact) mass is 224 g/mol. The van der Waals surface area contributed by atoms with Crippen LogP contribution in [-0.2, 0) is 6.42 Å². The molecule has 0 aliphatic carbocycles. The second-order valence-corrected chi connectivity index (χ2v) is 3.23. The number of rotatable bonds is 2. The minimum Gasteiger partial charge on any atom is -0.503 e. The maximum atomic E-state index is 13.0. The van der Waals surface area contributed by atoms with Crippen molar-refractivity contribution in [2.24, 2.45) is 9.98 Å². The van der Waals surface area contributed by atoms with Gasteiger partial charge in [0.05, 0.1) is 11.9 Å². The summed E-state index contributed by atoms with van der Waals surface area (Å²) in [6, 6.07) is 1.34. The number of halogens is 2. The minimum absolute atomic E-state index is 0.0867. The number of aromatic hydroxyl groups is 1. The van der Waals surface area contributed by atoms with Gasteiger partial charge in [-0.05, 0) is 17.7 Å². The molecule has 0 fully saturated rings. The summed E-state index contributed by atoms with van der Waals surface area (Å²) in [5.74, 6) is -3.10. The Balaban J connectivity index is 2.26. The Morgan fingerprint density at radius 1 is 1.25 bits per heavy atom. The lowest BCUT2D eigenvalue weighted by Crippen LogP contribution is -2.03. The van der Waals surface area contributed by atoms with Gasteiger partial charge in [-0.2, -0.15) is 9.98 Å². The SMILES string of the molecule is O=C1N=CC(Cc2cc(F)c(O)c(F)c2)=N1. The van der Waals surface area contributed by atoms with E-state index in [2.05, 4.69) is 9.98 Å². The summed E-state index contributed by atoms with van der Waals surface area (Å²) < 4.78 is 25.9. The molecule has 0 bridgehead atoms. The molecule has 6 heteroatoms. The molecule has 0 saturated carbocycles. The lowest BCUT2D eigenvalue weighted by Gasteiger charge is -2.02. The Labute approximate surface area is 89.0 Å². The van der Waals surface area contributed by atoms with E-state index in [1.807, 2.05) is 0 Å². The molecule has 1 aliphatic rings. The Kier molecular flexibility index (Phi) is 2.47. The van der Waals surface area contributed by atoms with E-state index in [1.165, 1.54) is 6.21 Å². The first kappa shape index (κ1) is 10.4. The molecule has 1 aromatic carbocycles. The van der Waals surface area contributed by atoms with Gasteiger partial charge in [0.15, 0.2) is 17.4 Å². The van der Waals surface area contributed by atoms with E-state index in [-0.39, 0.29) is 12.0 Å². The first-order valence-electron chi connectivity index (χ1n) is 4.39. The molecule has 82 valence electrons. The third-order valence-electron chi connectivity index (χ3n) is 2.03. The third-order valence-corrected chi connectivity index (χ3v) is 2.03. The first-order valence-corrected chi connectivity index (χ1v) is 4.39. The van der Waals surface area contributed by atoms with Crippen molar-refractivity contribution >= 4 is 18.0 Å². The highest BCUT2D eigenvalue weighted by atomic mass is 19.1. The van der Waals surface area contributed by atoms with E-state index in [1.54, 1.807) is 0 Å². The molecule has 0 saturated heterocycles. The summed E-state index contributed by atoms with van der Waals surface area (Å²) >= 11 is 0. The van der Waals surface area contributed by atoms with Gasteiger partial charge in [-0.25, -0.2) is 13.6 Å². The summed E-state index contributed by atoms with van der Waals surface area (Å²) in [5.41, 5.74) is 0.599. The zero-order valence-corrected chi connectivity index (χ0v) is 7.94. The Morgan fingerprint density at radius 3 is 2.38 bits per heavy atom. The number of aliphatic imine (C=N–C) groups is 2. The van der Waals surface area contributed by atoms with Crippen LogP contribution in [0.3, 0.4) is 0 Å². The predicted molar refractivity (Wildman–Crippen MR) is 53.0 cm³/mol. The quantitative estimate of drug-likeness (QED) is 0.833. The van der Waals surface area contributed by atoms with Crippen LogP contribution in [0.2, 0.25) is 0 Å². The van der Waals surface area contributed by atoms with Crippen molar-refractivity contribution in [3.63, 3.8) is 0 Å². The summed E-state index contributed by atoms with van der Waals surface area (Å²) in [5, 5.41) is 8.87. The van der Waals surface area contributed by atoms with Gasteiger partial charge in [0.25, 0.3) is 0 Å². The summed E-state index contributed by atoms with van der Waals surface area (Å²) in [6.45, 7) is 0. The Bertz CT molecular complexity index is 501. The molecule has 2 amide bonds. The normalized spacial score (nSPS) is 14.4.